The predicted octanol–water partition coefficient (Wildman–Crippen LogP) is 0.284. The molecule has 3 aliphatic rings. The lowest BCUT2D eigenvalue weighted by Crippen LogP contribution is -2.49. The smallest absolute Gasteiger partial charge is 0.330 e. The number of nitrogens with zero attached hydrogens (tertiary/aromatic N) is 2. The SMILES string of the molecule is CC1=CC2(OCC(C)O2)C2CC2(C)C1(O)C#Cc1cn(C)c(=O)n(C)c1=O. The van der Waals surface area contributed by atoms with Gasteiger partial charge in [0.05, 0.1) is 12.7 Å². The molecule has 4 rings (SSSR count). The number of hydrogen-bond acceptors (Lipinski definition) is 5. The van der Waals surface area contributed by atoms with Gasteiger partial charge in [0.25, 0.3) is 5.56 Å². The van der Waals surface area contributed by atoms with E-state index in [1.54, 1.807) is 7.05 Å². The van der Waals surface area contributed by atoms with E-state index in [9.17, 15) is 14.7 Å². The minimum Gasteiger partial charge on any atom is -0.373 e. The zero-order chi connectivity index (χ0) is 19.8. The summed E-state index contributed by atoms with van der Waals surface area (Å²) >= 11 is 0. The summed E-state index contributed by atoms with van der Waals surface area (Å²) in [6, 6.07) is 0. The van der Waals surface area contributed by atoms with Crippen LogP contribution in [0.3, 0.4) is 0 Å². The van der Waals surface area contributed by atoms with Gasteiger partial charge in [0, 0.05) is 31.6 Å². The molecule has 2 fully saturated rings. The van der Waals surface area contributed by atoms with Crippen LogP contribution < -0.4 is 11.2 Å². The second-order valence-corrected chi connectivity index (χ2v) is 8.22. The maximum absolute atomic E-state index is 12.3. The fraction of sp³-hybridized carbons (Fsp3) is 0.600. The Morgan fingerprint density at radius 1 is 1.33 bits per heavy atom. The lowest BCUT2D eigenvalue weighted by atomic mass is 9.73. The molecule has 0 bridgehead atoms. The largest absolute Gasteiger partial charge is 0.373 e. The average molecular weight is 372 g/mol. The van der Waals surface area contributed by atoms with Crippen molar-refractivity contribution in [1.82, 2.24) is 9.13 Å². The van der Waals surface area contributed by atoms with Crippen LogP contribution in [-0.4, -0.2) is 38.3 Å². The van der Waals surface area contributed by atoms with Crippen LogP contribution in [0.5, 0.6) is 0 Å². The Kier molecular flexibility index (Phi) is 3.68. The number of fused-ring (bicyclic) bond motifs is 2. The predicted molar refractivity (Wildman–Crippen MR) is 98.0 cm³/mol. The minimum absolute atomic E-state index is 0.000844. The fourth-order valence-electron chi connectivity index (χ4n) is 4.49. The molecule has 0 amide bonds. The Hall–Kier alpha value is -2.14. The number of hydrogen-bond donors (Lipinski definition) is 1. The van der Waals surface area contributed by atoms with E-state index in [0.29, 0.717) is 18.6 Å². The first-order valence-corrected chi connectivity index (χ1v) is 9.08. The third-order valence-corrected chi connectivity index (χ3v) is 6.29. The van der Waals surface area contributed by atoms with Crippen molar-refractivity contribution in [2.75, 3.05) is 6.61 Å². The van der Waals surface area contributed by atoms with E-state index in [2.05, 4.69) is 11.8 Å². The van der Waals surface area contributed by atoms with Crippen molar-refractivity contribution in [2.45, 2.75) is 44.7 Å². The number of rotatable bonds is 0. The maximum Gasteiger partial charge on any atom is 0.330 e. The Labute approximate surface area is 157 Å². The van der Waals surface area contributed by atoms with Crippen molar-refractivity contribution in [1.29, 1.82) is 0 Å². The van der Waals surface area contributed by atoms with Gasteiger partial charge in [0.15, 0.2) is 11.4 Å². The molecule has 1 aromatic heterocycles. The van der Waals surface area contributed by atoms with Crippen LogP contribution in [-0.2, 0) is 23.6 Å². The lowest BCUT2D eigenvalue weighted by Gasteiger charge is -2.40. The van der Waals surface area contributed by atoms with Gasteiger partial charge in [-0.05, 0) is 31.9 Å². The van der Waals surface area contributed by atoms with E-state index in [-0.39, 0.29) is 17.6 Å². The lowest BCUT2D eigenvalue weighted by molar-refractivity contribution is -0.164. The van der Waals surface area contributed by atoms with E-state index in [0.717, 1.165) is 4.57 Å². The summed E-state index contributed by atoms with van der Waals surface area (Å²) in [5.74, 6) is 4.95. The van der Waals surface area contributed by atoms with Crippen molar-refractivity contribution < 1.29 is 14.6 Å². The number of ether oxygens (including phenoxy) is 2. The summed E-state index contributed by atoms with van der Waals surface area (Å²) in [6.07, 6.45) is 3.96. The summed E-state index contributed by atoms with van der Waals surface area (Å²) < 4.78 is 14.3. The molecule has 1 aliphatic heterocycles. The monoisotopic (exact) mass is 372 g/mol. The Balaban J connectivity index is 1.79. The van der Waals surface area contributed by atoms with E-state index in [1.165, 1.54) is 17.8 Å². The molecule has 27 heavy (non-hydrogen) atoms. The molecule has 1 saturated heterocycles. The molecule has 2 aliphatic carbocycles. The first-order chi connectivity index (χ1) is 12.5. The van der Waals surface area contributed by atoms with Crippen LogP contribution in [0.1, 0.15) is 32.8 Å². The van der Waals surface area contributed by atoms with Crippen LogP contribution in [0.4, 0.5) is 0 Å². The second-order valence-electron chi connectivity index (χ2n) is 8.22. The van der Waals surface area contributed by atoms with Crippen molar-refractivity contribution >= 4 is 0 Å². The zero-order valence-corrected chi connectivity index (χ0v) is 16.2. The molecule has 5 atom stereocenters. The van der Waals surface area contributed by atoms with Crippen molar-refractivity contribution in [3.8, 4) is 11.8 Å². The van der Waals surface area contributed by atoms with E-state index in [1.807, 2.05) is 26.8 Å². The van der Waals surface area contributed by atoms with Gasteiger partial charge in [-0.15, -0.1) is 0 Å². The summed E-state index contributed by atoms with van der Waals surface area (Å²) in [5, 5.41) is 11.4. The molecular weight excluding hydrogens is 348 g/mol. The summed E-state index contributed by atoms with van der Waals surface area (Å²) in [4.78, 5) is 24.2. The first-order valence-electron chi connectivity index (χ1n) is 9.08. The highest BCUT2D eigenvalue weighted by Gasteiger charge is 2.74. The van der Waals surface area contributed by atoms with E-state index >= 15 is 0 Å². The van der Waals surface area contributed by atoms with Gasteiger partial charge in [0.1, 0.15) is 5.56 Å². The minimum atomic E-state index is -1.39. The van der Waals surface area contributed by atoms with E-state index < -0.39 is 28.1 Å². The number of aryl methyl sites for hydroxylation is 1. The topological polar surface area (TPSA) is 82.7 Å². The van der Waals surface area contributed by atoms with Gasteiger partial charge in [-0.1, -0.05) is 18.8 Å². The van der Waals surface area contributed by atoms with Gasteiger partial charge < -0.3 is 19.1 Å². The highest BCUT2D eigenvalue weighted by atomic mass is 16.7. The summed E-state index contributed by atoms with van der Waals surface area (Å²) in [5.41, 5.74) is -1.97. The zero-order valence-electron chi connectivity index (χ0n) is 16.2. The summed E-state index contributed by atoms with van der Waals surface area (Å²) in [7, 11) is 2.97. The molecule has 1 spiro atoms. The Morgan fingerprint density at radius 2 is 2.04 bits per heavy atom. The van der Waals surface area contributed by atoms with Crippen molar-refractivity contribution in [3.05, 3.63) is 44.2 Å². The molecule has 144 valence electrons. The normalized spacial score (nSPS) is 39.6. The molecule has 2 heterocycles. The van der Waals surface area contributed by atoms with Crippen LogP contribution >= 0.6 is 0 Å². The molecule has 0 radical (unpaired) electrons. The molecule has 1 aromatic rings. The van der Waals surface area contributed by atoms with Crippen molar-refractivity contribution in [3.63, 3.8) is 0 Å². The van der Waals surface area contributed by atoms with Crippen molar-refractivity contribution in [2.24, 2.45) is 25.4 Å². The Bertz CT molecular complexity index is 1040. The quantitative estimate of drug-likeness (QED) is 0.523. The van der Waals surface area contributed by atoms with E-state index in [4.69, 9.17) is 9.47 Å². The number of aliphatic hydroxyl groups is 1. The average Bonchev–Trinajstić information content (AvgIpc) is 3.21. The summed E-state index contributed by atoms with van der Waals surface area (Å²) in [6.45, 7) is 6.27. The Morgan fingerprint density at radius 3 is 2.67 bits per heavy atom. The third-order valence-electron chi connectivity index (χ3n) is 6.29. The first kappa shape index (κ1) is 18.2. The molecule has 1 N–H and O–H groups in total. The molecular formula is C20H24N2O5. The van der Waals surface area contributed by atoms with Gasteiger partial charge in [-0.25, -0.2) is 4.79 Å². The van der Waals surface area contributed by atoms with Crippen LogP contribution in [0.15, 0.2) is 27.4 Å². The fourth-order valence-corrected chi connectivity index (χ4v) is 4.49. The third kappa shape index (κ3) is 2.34. The maximum atomic E-state index is 12.3. The highest BCUT2D eigenvalue weighted by molar-refractivity contribution is 5.47. The molecule has 7 heteroatoms. The number of aromatic nitrogens is 2. The van der Waals surface area contributed by atoms with Crippen LogP contribution in [0, 0.1) is 23.2 Å². The highest BCUT2D eigenvalue weighted by Crippen LogP contribution is 2.70. The molecule has 7 nitrogen and oxygen atoms in total. The van der Waals surface area contributed by atoms with Crippen LogP contribution in [0.25, 0.3) is 0 Å². The molecule has 0 aromatic carbocycles. The molecule has 1 saturated carbocycles. The van der Waals surface area contributed by atoms with Gasteiger partial charge in [0.2, 0.25) is 0 Å². The second kappa shape index (κ2) is 5.44. The van der Waals surface area contributed by atoms with Gasteiger partial charge >= 0.3 is 5.69 Å². The van der Waals surface area contributed by atoms with Gasteiger partial charge in [-0.2, -0.15) is 0 Å². The van der Waals surface area contributed by atoms with Crippen LogP contribution in [0.2, 0.25) is 0 Å². The van der Waals surface area contributed by atoms with Gasteiger partial charge in [-0.3, -0.25) is 9.36 Å². The molecule has 5 unspecified atom stereocenters. The standard InChI is InChI=1S/C20H24N2O5/c1-12-8-20(26-11-13(2)27-20)15-9-18(15,3)19(12,25)7-6-14-10-21(4)17(24)22(5)16(14)23/h8,10,13,15,25H,9,11H2,1-5H3.